The van der Waals surface area contributed by atoms with Gasteiger partial charge in [-0.2, -0.15) is 0 Å². The Labute approximate surface area is 104 Å². The van der Waals surface area contributed by atoms with E-state index in [1.54, 1.807) is 6.07 Å². The second kappa shape index (κ2) is 5.67. The lowest BCUT2D eigenvalue weighted by Crippen LogP contribution is -2.09. The number of rotatable bonds is 4. The summed E-state index contributed by atoms with van der Waals surface area (Å²) in [6.45, 7) is 0.769. The quantitative estimate of drug-likeness (QED) is 0.751. The molecule has 0 spiro atoms. The molecule has 0 bridgehead atoms. The molecular weight excluding hydrogens is 271 g/mol. The van der Waals surface area contributed by atoms with Gasteiger partial charge in [-0.3, -0.25) is 0 Å². The van der Waals surface area contributed by atoms with Crippen molar-refractivity contribution in [2.45, 2.75) is 31.0 Å². The van der Waals surface area contributed by atoms with E-state index < -0.39 is 0 Å². The Kier molecular flexibility index (Phi) is 4.22. The van der Waals surface area contributed by atoms with Gasteiger partial charge in [-0.15, -0.1) is 0 Å². The van der Waals surface area contributed by atoms with E-state index in [2.05, 4.69) is 15.9 Å². The second-order valence-electron chi connectivity index (χ2n) is 4.35. The predicted molar refractivity (Wildman–Crippen MR) is 66.5 cm³/mol. The van der Waals surface area contributed by atoms with E-state index in [-0.39, 0.29) is 5.82 Å². The molecule has 1 aliphatic rings. The Balaban J connectivity index is 1.97. The minimum Gasteiger partial charge on any atom is -0.493 e. The Morgan fingerprint density at radius 1 is 1.31 bits per heavy atom. The largest absolute Gasteiger partial charge is 0.493 e. The summed E-state index contributed by atoms with van der Waals surface area (Å²) in [6, 6.07) is 4.70. The van der Waals surface area contributed by atoms with E-state index in [1.165, 1.54) is 37.8 Å². The smallest absolute Gasteiger partial charge is 0.123 e. The molecule has 0 aromatic heterocycles. The topological polar surface area (TPSA) is 9.23 Å². The molecule has 2 rings (SSSR count). The van der Waals surface area contributed by atoms with Crippen LogP contribution in [0.2, 0.25) is 0 Å². The van der Waals surface area contributed by atoms with Gasteiger partial charge in [0.05, 0.1) is 6.61 Å². The van der Waals surface area contributed by atoms with E-state index in [1.807, 2.05) is 0 Å². The number of halogens is 2. The van der Waals surface area contributed by atoms with Crippen molar-refractivity contribution in [2.75, 3.05) is 6.61 Å². The van der Waals surface area contributed by atoms with E-state index in [0.717, 1.165) is 17.9 Å². The van der Waals surface area contributed by atoms with Crippen molar-refractivity contribution in [3.8, 4) is 5.75 Å². The highest BCUT2D eigenvalue weighted by Crippen LogP contribution is 2.27. The van der Waals surface area contributed by atoms with Crippen LogP contribution in [0, 0.1) is 11.7 Å². The molecule has 0 radical (unpaired) electrons. The van der Waals surface area contributed by atoms with Crippen molar-refractivity contribution in [1.82, 2.24) is 0 Å². The van der Waals surface area contributed by atoms with Gasteiger partial charge in [0.15, 0.2) is 0 Å². The van der Waals surface area contributed by atoms with E-state index in [4.69, 9.17) is 4.74 Å². The molecule has 0 atom stereocenters. The lowest BCUT2D eigenvalue weighted by atomic mass is 10.1. The van der Waals surface area contributed by atoms with Gasteiger partial charge in [0, 0.05) is 10.9 Å². The van der Waals surface area contributed by atoms with Crippen LogP contribution >= 0.6 is 15.9 Å². The Hall–Kier alpha value is -0.570. The Bertz CT molecular complexity index is 348. The predicted octanol–water partition coefficient (Wildman–Crippen LogP) is 4.29. The highest BCUT2D eigenvalue weighted by molar-refractivity contribution is 9.08. The molecule has 0 unspecified atom stereocenters. The van der Waals surface area contributed by atoms with Gasteiger partial charge in [0.1, 0.15) is 11.6 Å². The van der Waals surface area contributed by atoms with Gasteiger partial charge in [0.2, 0.25) is 0 Å². The van der Waals surface area contributed by atoms with Crippen LogP contribution in [0.25, 0.3) is 0 Å². The molecule has 0 N–H and O–H groups in total. The number of benzene rings is 1. The number of hydrogen-bond acceptors (Lipinski definition) is 1. The van der Waals surface area contributed by atoms with Crippen molar-refractivity contribution in [1.29, 1.82) is 0 Å². The average Bonchev–Trinajstić information content (AvgIpc) is 2.80. The second-order valence-corrected chi connectivity index (χ2v) is 4.91. The maximum absolute atomic E-state index is 13.0. The summed E-state index contributed by atoms with van der Waals surface area (Å²) in [5, 5.41) is 0.630. The van der Waals surface area contributed by atoms with Crippen molar-refractivity contribution in [3.05, 3.63) is 29.6 Å². The fourth-order valence-corrected chi connectivity index (χ4v) is 2.62. The molecule has 0 saturated heterocycles. The molecule has 0 aliphatic heterocycles. The van der Waals surface area contributed by atoms with Crippen LogP contribution in [0.15, 0.2) is 18.2 Å². The third kappa shape index (κ3) is 2.97. The lowest BCUT2D eigenvalue weighted by molar-refractivity contribution is 0.250. The van der Waals surface area contributed by atoms with Gasteiger partial charge in [-0.1, -0.05) is 28.8 Å². The number of alkyl halides is 1. The van der Waals surface area contributed by atoms with Crippen LogP contribution in [0.3, 0.4) is 0 Å². The first-order valence-electron chi connectivity index (χ1n) is 5.77. The summed E-state index contributed by atoms with van der Waals surface area (Å²) in [5.41, 5.74) is 0.887. The molecule has 0 amide bonds. The fourth-order valence-electron chi connectivity index (χ4n) is 2.18. The maximum atomic E-state index is 13.0. The minimum atomic E-state index is -0.206. The molecule has 0 heterocycles. The molecule has 1 aliphatic carbocycles. The van der Waals surface area contributed by atoms with Crippen molar-refractivity contribution in [2.24, 2.45) is 5.92 Å². The number of hydrogen-bond donors (Lipinski definition) is 0. The monoisotopic (exact) mass is 286 g/mol. The highest BCUT2D eigenvalue weighted by Gasteiger charge is 2.16. The highest BCUT2D eigenvalue weighted by atomic mass is 79.9. The Morgan fingerprint density at radius 3 is 2.75 bits per heavy atom. The fraction of sp³-hybridized carbons (Fsp3) is 0.538. The zero-order valence-electron chi connectivity index (χ0n) is 9.22. The van der Waals surface area contributed by atoms with Gasteiger partial charge in [0.25, 0.3) is 0 Å². The molecule has 88 valence electrons. The van der Waals surface area contributed by atoms with Crippen LogP contribution in [-0.2, 0) is 5.33 Å². The van der Waals surface area contributed by atoms with Crippen molar-refractivity contribution >= 4 is 15.9 Å². The first-order chi connectivity index (χ1) is 7.79. The van der Waals surface area contributed by atoms with Crippen molar-refractivity contribution < 1.29 is 9.13 Å². The van der Waals surface area contributed by atoms with Gasteiger partial charge >= 0.3 is 0 Å². The summed E-state index contributed by atoms with van der Waals surface area (Å²) in [7, 11) is 0. The summed E-state index contributed by atoms with van der Waals surface area (Å²) in [4.78, 5) is 0. The summed E-state index contributed by atoms with van der Waals surface area (Å²) >= 11 is 3.35. The van der Waals surface area contributed by atoms with Crippen LogP contribution in [0.5, 0.6) is 5.75 Å². The first-order valence-corrected chi connectivity index (χ1v) is 6.89. The number of ether oxygens (including phenoxy) is 1. The molecule has 1 aromatic carbocycles. The lowest BCUT2D eigenvalue weighted by Gasteiger charge is -2.13. The SMILES string of the molecule is Fc1ccc(OCC2CCCC2)c(CBr)c1. The molecule has 1 nitrogen and oxygen atoms in total. The molecule has 3 heteroatoms. The molecule has 1 saturated carbocycles. The summed E-state index contributed by atoms with van der Waals surface area (Å²) in [5.74, 6) is 1.29. The van der Waals surface area contributed by atoms with Gasteiger partial charge in [-0.25, -0.2) is 4.39 Å². The summed E-state index contributed by atoms with van der Waals surface area (Å²) in [6.07, 6.45) is 5.18. The maximum Gasteiger partial charge on any atom is 0.123 e. The molecule has 1 fully saturated rings. The van der Waals surface area contributed by atoms with E-state index >= 15 is 0 Å². The first kappa shape index (κ1) is 11.9. The van der Waals surface area contributed by atoms with Crippen LogP contribution in [-0.4, -0.2) is 6.61 Å². The Morgan fingerprint density at radius 2 is 2.06 bits per heavy atom. The van der Waals surface area contributed by atoms with Gasteiger partial charge < -0.3 is 4.74 Å². The zero-order chi connectivity index (χ0) is 11.4. The average molecular weight is 287 g/mol. The summed E-state index contributed by atoms with van der Waals surface area (Å²) < 4.78 is 18.8. The third-order valence-electron chi connectivity index (χ3n) is 3.12. The molecule has 16 heavy (non-hydrogen) atoms. The third-order valence-corrected chi connectivity index (χ3v) is 3.72. The standard InChI is InChI=1S/C13H16BrFO/c14-8-11-7-12(15)5-6-13(11)16-9-10-3-1-2-4-10/h5-7,10H,1-4,8-9H2. The van der Waals surface area contributed by atoms with E-state index in [9.17, 15) is 4.39 Å². The zero-order valence-corrected chi connectivity index (χ0v) is 10.8. The van der Waals surface area contributed by atoms with Crippen LogP contribution in [0.4, 0.5) is 4.39 Å². The molecule has 1 aromatic rings. The van der Waals surface area contributed by atoms with Crippen molar-refractivity contribution in [3.63, 3.8) is 0 Å². The van der Waals surface area contributed by atoms with E-state index in [0.29, 0.717) is 11.2 Å². The van der Waals surface area contributed by atoms with Crippen LogP contribution in [0.1, 0.15) is 31.2 Å². The minimum absolute atomic E-state index is 0.206. The van der Waals surface area contributed by atoms with Crippen LogP contribution < -0.4 is 4.74 Å². The normalized spacial score (nSPS) is 16.6. The molecular formula is C13H16BrFO. The van der Waals surface area contributed by atoms with Gasteiger partial charge in [-0.05, 0) is 37.0 Å².